The summed E-state index contributed by atoms with van der Waals surface area (Å²) in [7, 11) is 0. The summed E-state index contributed by atoms with van der Waals surface area (Å²) in [6.45, 7) is 6.25. The smallest absolute Gasteiger partial charge is 0.160 e. The Labute approximate surface area is 121 Å². The van der Waals surface area contributed by atoms with Gasteiger partial charge < -0.3 is 5.32 Å². The third-order valence-corrected chi connectivity index (χ3v) is 6.10. The Bertz CT molecular complexity index is 589. The maximum absolute atomic E-state index is 12.0. The number of Topliss-reactive ketones (excluding diaryl/α,β-unsaturated/α-hetero) is 1. The predicted molar refractivity (Wildman–Crippen MR) is 80.3 cm³/mol. The summed E-state index contributed by atoms with van der Waals surface area (Å²) in [4.78, 5) is 12.0. The second-order valence-electron chi connectivity index (χ2n) is 7.13. The minimum atomic E-state index is 0.235. The number of nitrogens with one attached hydrogen (secondary N) is 1. The van der Waals surface area contributed by atoms with E-state index in [0.717, 1.165) is 18.7 Å². The van der Waals surface area contributed by atoms with Crippen molar-refractivity contribution in [3.05, 3.63) is 34.9 Å². The van der Waals surface area contributed by atoms with Crippen molar-refractivity contribution in [2.24, 2.45) is 5.41 Å². The zero-order chi connectivity index (χ0) is 14.0. The van der Waals surface area contributed by atoms with E-state index in [1.54, 1.807) is 6.92 Å². The summed E-state index contributed by atoms with van der Waals surface area (Å²) in [5.41, 5.74) is 4.46. The number of rotatable bonds is 4. The number of piperidine rings is 1. The van der Waals surface area contributed by atoms with E-state index in [4.69, 9.17) is 0 Å². The molecule has 3 aliphatic rings. The van der Waals surface area contributed by atoms with E-state index in [-0.39, 0.29) is 5.78 Å². The second-order valence-corrected chi connectivity index (χ2v) is 7.13. The molecular weight excluding hydrogens is 246 g/mol. The third kappa shape index (κ3) is 1.52. The summed E-state index contributed by atoms with van der Waals surface area (Å²) in [6.07, 6.45) is 5.04. The molecule has 0 amide bonds. The standard InChI is InChI=1S/C18H23NO/c1-3-17-9-18(17,11-19-10-17)14-6-7-15(13-4-5-13)16(8-14)12(2)20/h6-8,13,19H,3-5,9-11H2,1-2H3. The zero-order valence-electron chi connectivity index (χ0n) is 12.5. The lowest BCUT2D eigenvalue weighted by atomic mass is 9.84. The maximum atomic E-state index is 12.0. The van der Waals surface area contributed by atoms with Gasteiger partial charge in [0.15, 0.2) is 5.78 Å². The van der Waals surface area contributed by atoms with Gasteiger partial charge in [0.05, 0.1) is 0 Å². The van der Waals surface area contributed by atoms with Crippen molar-refractivity contribution in [2.75, 3.05) is 13.1 Å². The van der Waals surface area contributed by atoms with E-state index in [0.29, 0.717) is 16.7 Å². The third-order valence-electron chi connectivity index (χ3n) is 6.10. The fourth-order valence-electron chi connectivity index (χ4n) is 4.54. The van der Waals surface area contributed by atoms with Crippen molar-refractivity contribution in [1.82, 2.24) is 5.32 Å². The van der Waals surface area contributed by atoms with Gasteiger partial charge in [-0.25, -0.2) is 0 Å². The van der Waals surface area contributed by atoms with Gasteiger partial charge >= 0.3 is 0 Å². The van der Waals surface area contributed by atoms with Crippen molar-refractivity contribution in [3.8, 4) is 0 Å². The lowest BCUT2D eigenvalue weighted by Gasteiger charge is -2.18. The first-order chi connectivity index (χ1) is 9.62. The molecule has 1 N–H and O–H groups in total. The normalized spacial score (nSPS) is 34.9. The molecule has 2 heteroatoms. The van der Waals surface area contributed by atoms with Gasteiger partial charge in [-0.1, -0.05) is 19.1 Å². The van der Waals surface area contributed by atoms with E-state index in [1.165, 1.54) is 36.8 Å². The molecule has 1 saturated heterocycles. The van der Waals surface area contributed by atoms with E-state index in [1.807, 2.05) is 0 Å². The van der Waals surface area contributed by atoms with Crippen molar-refractivity contribution >= 4 is 5.78 Å². The van der Waals surface area contributed by atoms with Crippen LogP contribution >= 0.6 is 0 Å². The minimum absolute atomic E-state index is 0.235. The summed E-state index contributed by atoms with van der Waals surface area (Å²) in [5.74, 6) is 0.885. The topological polar surface area (TPSA) is 29.1 Å². The molecule has 1 aromatic rings. The lowest BCUT2D eigenvalue weighted by Crippen LogP contribution is -2.20. The molecule has 1 heterocycles. The van der Waals surface area contributed by atoms with Gasteiger partial charge in [-0.3, -0.25) is 4.79 Å². The van der Waals surface area contributed by atoms with Crippen LogP contribution in [0.5, 0.6) is 0 Å². The van der Waals surface area contributed by atoms with E-state index >= 15 is 0 Å². The first kappa shape index (κ1) is 12.6. The van der Waals surface area contributed by atoms with Crippen LogP contribution in [-0.2, 0) is 5.41 Å². The molecule has 2 aliphatic carbocycles. The van der Waals surface area contributed by atoms with Crippen LogP contribution in [-0.4, -0.2) is 18.9 Å². The molecule has 2 saturated carbocycles. The second kappa shape index (κ2) is 3.94. The molecule has 0 spiro atoms. The van der Waals surface area contributed by atoms with Crippen LogP contribution in [0.1, 0.15) is 66.9 Å². The van der Waals surface area contributed by atoms with Crippen LogP contribution in [0.25, 0.3) is 0 Å². The molecule has 3 fully saturated rings. The number of hydrogen-bond acceptors (Lipinski definition) is 2. The minimum Gasteiger partial charge on any atom is -0.315 e. The number of carbonyl (C=O) groups excluding carboxylic acids is 1. The van der Waals surface area contributed by atoms with Crippen molar-refractivity contribution in [1.29, 1.82) is 0 Å². The monoisotopic (exact) mass is 269 g/mol. The Morgan fingerprint density at radius 3 is 2.75 bits per heavy atom. The average molecular weight is 269 g/mol. The number of carbonyl (C=O) groups is 1. The van der Waals surface area contributed by atoms with Gasteiger partial charge in [0.1, 0.15) is 0 Å². The molecule has 2 nitrogen and oxygen atoms in total. The van der Waals surface area contributed by atoms with Gasteiger partial charge in [0, 0.05) is 24.1 Å². The van der Waals surface area contributed by atoms with E-state index in [2.05, 4.69) is 30.4 Å². The summed E-state index contributed by atoms with van der Waals surface area (Å²) in [5, 5.41) is 3.57. The van der Waals surface area contributed by atoms with Crippen LogP contribution in [0.3, 0.4) is 0 Å². The van der Waals surface area contributed by atoms with Gasteiger partial charge in [-0.15, -0.1) is 0 Å². The summed E-state index contributed by atoms with van der Waals surface area (Å²) < 4.78 is 0. The number of benzene rings is 1. The van der Waals surface area contributed by atoms with Crippen molar-refractivity contribution in [2.45, 2.75) is 50.9 Å². The zero-order valence-corrected chi connectivity index (χ0v) is 12.5. The summed E-state index contributed by atoms with van der Waals surface area (Å²) in [6, 6.07) is 6.78. The Kier molecular flexibility index (Phi) is 2.48. The van der Waals surface area contributed by atoms with Crippen LogP contribution in [0.4, 0.5) is 0 Å². The van der Waals surface area contributed by atoms with Gasteiger partial charge in [0.25, 0.3) is 0 Å². The Balaban J connectivity index is 1.77. The molecule has 0 radical (unpaired) electrons. The van der Waals surface area contributed by atoms with Gasteiger partial charge in [0.2, 0.25) is 0 Å². The molecule has 20 heavy (non-hydrogen) atoms. The molecule has 2 unspecified atom stereocenters. The number of ketones is 1. The first-order valence-electron chi connectivity index (χ1n) is 7.98. The van der Waals surface area contributed by atoms with Crippen LogP contribution in [0, 0.1) is 5.41 Å². The largest absolute Gasteiger partial charge is 0.315 e. The molecule has 0 bridgehead atoms. The molecule has 106 valence electrons. The van der Waals surface area contributed by atoms with Crippen LogP contribution in [0.15, 0.2) is 18.2 Å². The van der Waals surface area contributed by atoms with Crippen LogP contribution < -0.4 is 5.32 Å². The SMILES string of the molecule is CCC12CNCC1(c1ccc(C3CC3)c(C(C)=O)c1)C2. The van der Waals surface area contributed by atoms with E-state index in [9.17, 15) is 4.79 Å². The molecule has 2 atom stereocenters. The first-order valence-corrected chi connectivity index (χ1v) is 7.98. The molecule has 1 aromatic carbocycles. The average Bonchev–Trinajstić information content (AvgIpc) is 3.36. The fourth-order valence-corrected chi connectivity index (χ4v) is 4.54. The molecular formula is C18H23NO. The fraction of sp³-hybridized carbons (Fsp3) is 0.611. The Hall–Kier alpha value is -1.15. The highest BCUT2D eigenvalue weighted by molar-refractivity contribution is 5.96. The van der Waals surface area contributed by atoms with Crippen LogP contribution in [0.2, 0.25) is 0 Å². The highest BCUT2D eigenvalue weighted by Crippen LogP contribution is 2.68. The highest BCUT2D eigenvalue weighted by atomic mass is 16.1. The number of fused-ring (bicyclic) bond motifs is 1. The van der Waals surface area contributed by atoms with Crippen molar-refractivity contribution < 1.29 is 4.79 Å². The van der Waals surface area contributed by atoms with Gasteiger partial charge in [-0.2, -0.15) is 0 Å². The quantitative estimate of drug-likeness (QED) is 0.849. The molecule has 0 aromatic heterocycles. The highest BCUT2D eigenvalue weighted by Gasteiger charge is 2.69. The Morgan fingerprint density at radius 2 is 2.15 bits per heavy atom. The number of hydrogen-bond donors (Lipinski definition) is 1. The molecule has 1 aliphatic heterocycles. The van der Waals surface area contributed by atoms with Gasteiger partial charge in [-0.05, 0) is 61.1 Å². The van der Waals surface area contributed by atoms with E-state index < -0.39 is 0 Å². The lowest BCUT2D eigenvalue weighted by molar-refractivity contribution is 0.101. The molecule has 4 rings (SSSR count). The van der Waals surface area contributed by atoms with Crippen molar-refractivity contribution in [3.63, 3.8) is 0 Å². The maximum Gasteiger partial charge on any atom is 0.160 e. The predicted octanol–water partition coefficient (Wildman–Crippen LogP) is 3.41. The Morgan fingerprint density at radius 1 is 1.35 bits per heavy atom. The summed E-state index contributed by atoms with van der Waals surface area (Å²) >= 11 is 0.